The lowest BCUT2D eigenvalue weighted by molar-refractivity contribution is 0.332. The third-order valence-corrected chi connectivity index (χ3v) is 15.7. The highest BCUT2D eigenvalue weighted by atomic mass is 15.2. The molecular weight excluding hydrogens is 820 g/mol. The quantitative estimate of drug-likeness (QED) is 0.154. The largest absolute Gasteiger partial charge is 0.376 e. The highest BCUT2D eigenvalue weighted by molar-refractivity contribution is 6.93. The van der Waals surface area contributed by atoms with Crippen LogP contribution in [0.4, 0.5) is 28.4 Å². The van der Waals surface area contributed by atoms with E-state index in [0.717, 1.165) is 12.1 Å². The molecule has 0 atom stereocenters. The highest BCUT2D eigenvalue weighted by Crippen LogP contribution is 2.53. The first kappa shape index (κ1) is 42.0. The first-order chi connectivity index (χ1) is 32.9. The molecule has 0 amide bonds. The van der Waals surface area contributed by atoms with Crippen molar-refractivity contribution in [2.24, 2.45) is 0 Å². The summed E-state index contributed by atoms with van der Waals surface area (Å²) < 4.78 is 0. The fourth-order valence-electron chi connectivity index (χ4n) is 12.0. The van der Waals surface area contributed by atoms with E-state index in [1.807, 2.05) is 0 Å². The number of benzene rings is 9. The Balaban J connectivity index is 1.22. The molecule has 3 heteroatoms. The van der Waals surface area contributed by atoms with Crippen LogP contribution in [0.5, 0.6) is 0 Å². The number of nitrogens with zero attached hydrogens (tertiary/aromatic N) is 2. The topological polar surface area (TPSA) is 6.48 Å². The molecule has 3 aliphatic rings. The van der Waals surface area contributed by atoms with Gasteiger partial charge >= 0.3 is 6.85 Å². The first-order valence-corrected chi connectivity index (χ1v) is 24.5. The molecule has 12 rings (SSSR count). The van der Waals surface area contributed by atoms with Crippen molar-refractivity contribution in [1.29, 1.82) is 0 Å². The van der Waals surface area contributed by atoms with Gasteiger partial charge in [-0.3, -0.25) is 0 Å². The van der Waals surface area contributed by atoms with Gasteiger partial charge in [-0.15, -0.1) is 0 Å². The van der Waals surface area contributed by atoms with Crippen LogP contribution in [0.1, 0.15) is 68.4 Å². The fourth-order valence-corrected chi connectivity index (χ4v) is 12.0. The zero-order chi connectivity index (χ0) is 46.5. The number of rotatable bonds is 6. The number of anilines is 5. The second-order valence-corrected chi connectivity index (χ2v) is 20.9. The van der Waals surface area contributed by atoms with Gasteiger partial charge in [0.05, 0.1) is 0 Å². The van der Waals surface area contributed by atoms with Crippen LogP contribution in [-0.4, -0.2) is 6.85 Å². The summed E-state index contributed by atoms with van der Waals surface area (Å²) in [4.78, 5) is 5.33. The van der Waals surface area contributed by atoms with Crippen molar-refractivity contribution in [3.8, 4) is 55.6 Å². The summed E-state index contributed by atoms with van der Waals surface area (Å²) >= 11 is 0. The van der Waals surface area contributed by atoms with Crippen molar-refractivity contribution in [3.05, 3.63) is 222 Å². The van der Waals surface area contributed by atoms with Crippen molar-refractivity contribution in [1.82, 2.24) is 0 Å². The minimum atomic E-state index is -0.153. The molecule has 0 saturated heterocycles. The molecule has 0 saturated carbocycles. The van der Waals surface area contributed by atoms with Crippen molar-refractivity contribution in [3.63, 3.8) is 0 Å². The minimum absolute atomic E-state index is 0.0428. The maximum Gasteiger partial charge on any atom is 0.333 e. The molecule has 9 aromatic carbocycles. The predicted octanol–water partition coefficient (Wildman–Crippen LogP) is 16.3. The van der Waals surface area contributed by atoms with Crippen molar-refractivity contribution in [2.75, 3.05) is 9.71 Å². The van der Waals surface area contributed by atoms with Gasteiger partial charge < -0.3 is 9.71 Å². The van der Waals surface area contributed by atoms with E-state index in [1.54, 1.807) is 0 Å². The molecule has 0 radical (unpaired) electrons. The van der Waals surface area contributed by atoms with Crippen LogP contribution in [0.25, 0.3) is 55.6 Å². The molecule has 68 heavy (non-hydrogen) atoms. The Bertz CT molecular complexity index is 3420. The normalized spacial score (nSPS) is 15.0. The lowest BCUT2D eigenvalue weighted by Crippen LogP contribution is -2.61. The number of hydrogen-bond acceptors (Lipinski definition) is 2. The van der Waals surface area contributed by atoms with Gasteiger partial charge in [-0.2, -0.15) is 0 Å². The average Bonchev–Trinajstić information content (AvgIpc) is 3.36. The van der Waals surface area contributed by atoms with Gasteiger partial charge in [-0.1, -0.05) is 179 Å². The second-order valence-electron chi connectivity index (χ2n) is 20.9. The van der Waals surface area contributed by atoms with Crippen molar-refractivity contribution < 1.29 is 0 Å². The molecule has 0 unspecified atom stereocenters. The molecule has 0 spiro atoms. The summed E-state index contributed by atoms with van der Waals surface area (Å²) in [6, 6.07) is 73.3. The monoisotopic (exact) mass is 876 g/mol. The zero-order valence-corrected chi connectivity index (χ0v) is 40.4. The summed E-state index contributed by atoms with van der Waals surface area (Å²) in [7, 11) is 0. The van der Waals surface area contributed by atoms with E-state index in [4.69, 9.17) is 0 Å². The lowest BCUT2D eigenvalue weighted by atomic mass is 9.43. The number of hydrogen-bond donors (Lipinski definition) is 0. The van der Waals surface area contributed by atoms with Gasteiger partial charge in [-0.25, -0.2) is 0 Å². The molecule has 2 heterocycles. The van der Waals surface area contributed by atoms with E-state index in [2.05, 4.69) is 252 Å². The summed E-state index contributed by atoms with van der Waals surface area (Å²) in [5.41, 5.74) is 28.0. The number of aryl methyl sites for hydroxylation is 3. The standard InChI is InChI=1S/C65H57BN2/c1-42-19-17-20-43(2)62(42)51-37-54-53-31-29-50(47-25-15-10-16-26-47)39-60(53)68(52-28-18-27-48(36-52)45-21-11-8-12-22-45)66-57-38-49(46-23-13-9-14-24-46)30-32-58(57)67(61(40-51)63(54)66)59-41-56-55(35-44(59)3)64(4,5)33-34-65(56,6)7/h8-32,35-41H,33-34H2,1-7H3. The Labute approximate surface area is 403 Å². The molecular formula is C65H57BN2. The van der Waals surface area contributed by atoms with Crippen LogP contribution in [0, 0.1) is 20.8 Å². The van der Waals surface area contributed by atoms with Crippen LogP contribution < -0.4 is 20.6 Å². The minimum Gasteiger partial charge on any atom is -0.376 e. The summed E-state index contributed by atoms with van der Waals surface area (Å²) in [5.74, 6) is 0. The van der Waals surface area contributed by atoms with Gasteiger partial charge in [-0.05, 0) is 176 Å². The van der Waals surface area contributed by atoms with E-state index in [0.29, 0.717) is 0 Å². The Morgan fingerprint density at radius 2 is 0.912 bits per heavy atom. The maximum absolute atomic E-state index is 2.68. The molecule has 0 N–H and O–H groups in total. The summed E-state index contributed by atoms with van der Waals surface area (Å²) in [6.07, 6.45) is 2.34. The van der Waals surface area contributed by atoms with E-state index in [-0.39, 0.29) is 17.7 Å². The Kier molecular flexibility index (Phi) is 9.82. The van der Waals surface area contributed by atoms with Gasteiger partial charge in [0, 0.05) is 34.0 Å². The predicted molar refractivity (Wildman–Crippen MR) is 291 cm³/mol. The third-order valence-electron chi connectivity index (χ3n) is 15.7. The number of fused-ring (bicyclic) bond motifs is 5. The van der Waals surface area contributed by atoms with Crippen LogP contribution in [-0.2, 0) is 10.8 Å². The molecule has 0 bridgehead atoms. The van der Waals surface area contributed by atoms with Gasteiger partial charge in [0.25, 0.3) is 0 Å². The van der Waals surface area contributed by atoms with Crippen molar-refractivity contribution in [2.45, 2.75) is 72.1 Å². The Hall–Kier alpha value is -7.36. The summed E-state index contributed by atoms with van der Waals surface area (Å²) in [6.45, 7) is 16.5. The van der Waals surface area contributed by atoms with Gasteiger partial charge in [0.15, 0.2) is 0 Å². The van der Waals surface area contributed by atoms with Crippen LogP contribution in [0.2, 0.25) is 0 Å². The smallest absolute Gasteiger partial charge is 0.333 e. The van der Waals surface area contributed by atoms with Crippen LogP contribution in [0.3, 0.4) is 0 Å². The molecule has 1 aliphatic carbocycles. The van der Waals surface area contributed by atoms with Crippen LogP contribution in [0.15, 0.2) is 194 Å². The molecule has 330 valence electrons. The van der Waals surface area contributed by atoms with E-state index < -0.39 is 0 Å². The van der Waals surface area contributed by atoms with Gasteiger partial charge in [0.2, 0.25) is 0 Å². The van der Waals surface area contributed by atoms with Crippen LogP contribution >= 0.6 is 0 Å². The Morgan fingerprint density at radius 1 is 0.382 bits per heavy atom. The molecule has 2 aliphatic heterocycles. The third kappa shape index (κ3) is 6.77. The second kappa shape index (κ2) is 15.9. The fraction of sp³-hybridized carbons (Fsp3) is 0.169. The molecule has 9 aromatic rings. The maximum atomic E-state index is 2.68. The summed E-state index contributed by atoms with van der Waals surface area (Å²) in [5, 5.41) is 0. The van der Waals surface area contributed by atoms with E-state index >= 15 is 0 Å². The Morgan fingerprint density at radius 3 is 1.54 bits per heavy atom. The zero-order valence-electron chi connectivity index (χ0n) is 40.4. The average molecular weight is 877 g/mol. The van der Waals surface area contributed by atoms with Crippen molar-refractivity contribution >= 4 is 46.2 Å². The highest BCUT2D eigenvalue weighted by Gasteiger charge is 2.47. The molecule has 0 aromatic heterocycles. The SMILES string of the molecule is Cc1cc2c(cc1N1c3ccc(-c4ccccc4)cc3B3c4c(cc(-c5c(C)cccc5C)cc41)-c1ccc(-c4ccccc4)cc1N3c1cccc(-c3ccccc3)c1)C(C)(C)CCC2(C)C. The lowest BCUT2D eigenvalue weighted by Gasteiger charge is -2.47. The van der Waals surface area contributed by atoms with E-state index in [9.17, 15) is 0 Å². The van der Waals surface area contributed by atoms with E-state index in [1.165, 1.54) is 124 Å². The molecule has 2 nitrogen and oxygen atoms in total. The molecule has 0 fully saturated rings. The van der Waals surface area contributed by atoms with Gasteiger partial charge in [0.1, 0.15) is 0 Å². The first-order valence-electron chi connectivity index (χ1n) is 24.5.